The van der Waals surface area contributed by atoms with Crippen LogP contribution in [0.1, 0.15) is 38.8 Å². The first-order chi connectivity index (χ1) is 8.97. The van der Waals surface area contributed by atoms with Crippen molar-refractivity contribution in [1.29, 1.82) is 5.26 Å². The van der Waals surface area contributed by atoms with Gasteiger partial charge in [-0.1, -0.05) is 19.9 Å². The van der Waals surface area contributed by atoms with Crippen molar-refractivity contribution >= 4 is 5.69 Å². The van der Waals surface area contributed by atoms with E-state index in [9.17, 15) is 4.39 Å². The van der Waals surface area contributed by atoms with E-state index in [-0.39, 0.29) is 11.9 Å². The van der Waals surface area contributed by atoms with Crippen LogP contribution in [0.25, 0.3) is 0 Å². The third-order valence-electron chi connectivity index (χ3n) is 2.90. The molecule has 19 heavy (non-hydrogen) atoms. The molecule has 0 aliphatic heterocycles. The van der Waals surface area contributed by atoms with Crippen LogP contribution in [0.5, 0.6) is 0 Å². The average molecular weight is 263 g/mol. The summed E-state index contributed by atoms with van der Waals surface area (Å²) < 4.78 is 13.9. The molecule has 0 saturated heterocycles. The van der Waals surface area contributed by atoms with Crippen molar-refractivity contribution in [1.82, 2.24) is 0 Å². The zero-order valence-electron chi connectivity index (χ0n) is 11.9. The second kappa shape index (κ2) is 7.10. The third kappa shape index (κ3) is 4.22. The van der Waals surface area contributed by atoms with Crippen LogP contribution < -0.4 is 10.6 Å². The Labute approximate surface area is 114 Å². The van der Waals surface area contributed by atoms with Gasteiger partial charge in [-0.15, -0.1) is 0 Å². The van der Waals surface area contributed by atoms with Crippen LogP contribution in [-0.4, -0.2) is 13.1 Å². The molecule has 0 aliphatic carbocycles. The maximum atomic E-state index is 13.9. The molecule has 1 unspecified atom stereocenters. The fraction of sp³-hybridized carbons (Fsp3) is 0.533. The van der Waals surface area contributed by atoms with Gasteiger partial charge in [-0.3, -0.25) is 0 Å². The molecule has 1 aromatic carbocycles. The Morgan fingerprint density at radius 1 is 1.37 bits per heavy atom. The van der Waals surface area contributed by atoms with Gasteiger partial charge in [-0.05, 0) is 25.0 Å². The molecule has 0 fully saturated rings. The Kier molecular flexibility index (Phi) is 5.78. The fourth-order valence-electron chi connectivity index (χ4n) is 2.19. The minimum Gasteiger partial charge on any atom is -0.370 e. The maximum absolute atomic E-state index is 13.9. The Balaban J connectivity index is 3.14. The van der Waals surface area contributed by atoms with Gasteiger partial charge in [0.1, 0.15) is 5.82 Å². The van der Waals surface area contributed by atoms with Crippen LogP contribution in [0.4, 0.5) is 10.1 Å². The summed E-state index contributed by atoms with van der Waals surface area (Å²) in [5, 5.41) is 8.75. The molecule has 0 aliphatic rings. The van der Waals surface area contributed by atoms with Gasteiger partial charge in [0.15, 0.2) is 0 Å². The standard InChI is InChI=1S/C15H22FN3/c1-11(2)10-19(9-5-8-17)14-7-4-6-13(16)15(14)12(3)18/h4,6-7,11-12H,5,9-10,18H2,1-3H3. The molecule has 1 atom stereocenters. The Morgan fingerprint density at radius 2 is 2.05 bits per heavy atom. The molecule has 0 heterocycles. The highest BCUT2D eigenvalue weighted by Gasteiger charge is 2.18. The number of nitriles is 1. The zero-order chi connectivity index (χ0) is 14.4. The van der Waals surface area contributed by atoms with Crippen molar-refractivity contribution in [2.24, 2.45) is 11.7 Å². The number of halogens is 1. The quantitative estimate of drug-likeness (QED) is 0.857. The number of rotatable bonds is 6. The highest BCUT2D eigenvalue weighted by molar-refractivity contribution is 5.55. The number of nitrogens with two attached hydrogens (primary N) is 1. The van der Waals surface area contributed by atoms with Crippen LogP contribution in [0.2, 0.25) is 0 Å². The Morgan fingerprint density at radius 3 is 2.58 bits per heavy atom. The monoisotopic (exact) mass is 263 g/mol. The lowest BCUT2D eigenvalue weighted by Crippen LogP contribution is -2.30. The summed E-state index contributed by atoms with van der Waals surface area (Å²) in [4.78, 5) is 2.05. The van der Waals surface area contributed by atoms with Crippen molar-refractivity contribution in [2.75, 3.05) is 18.0 Å². The molecule has 4 heteroatoms. The molecule has 0 spiro atoms. The summed E-state index contributed by atoms with van der Waals surface area (Å²) in [5.74, 6) is 0.154. The zero-order valence-corrected chi connectivity index (χ0v) is 11.9. The molecule has 1 aromatic rings. The summed E-state index contributed by atoms with van der Waals surface area (Å²) in [5.41, 5.74) is 7.21. The van der Waals surface area contributed by atoms with Gasteiger partial charge in [-0.25, -0.2) is 4.39 Å². The summed E-state index contributed by atoms with van der Waals surface area (Å²) >= 11 is 0. The fourth-order valence-corrected chi connectivity index (χ4v) is 2.19. The summed E-state index contributed by atoms with van der Waals surface area (Å²) in [6, 6.07) is 6.77. The van der Waals surface area contributed by atoms with E-state index in [0.717, 1.165) is 12.2 Å². The highest BCUT2D eigenvalue weighted by atomic mass is 19.1. The number of anilines is 1. The maximum Gasteiger partial charge on any atom is 0.130 e. The Hall–Kier alpha value is -1.60. The van der Waals surface area contributed by atoms with Crippen LogP contribution in [0.15, 0.2) is 18.2 Å². The number of hydrogen-bond donors (Lipinski definition) is 1. The van der Waals surface area contributed by atoms with E-state index in [4.69, 9.17) is 11.0 Å². The second-order valence-corrected chi connectivity index (χ2v) is 5.21. The molecule has 0 amide bonds. The lowest BCUT2D eigenvalue weighted by Gasteiger charge is -2.29. The lowest BCUT2D eigenvalue weighted by molar-refractivity contribution is 0.579. The first-order valence-electron chi connectivity index (χ1n) is 6.63. The van der Waals surface area contributed by atoms with Crippen LogP contribution in [0, 0.1) is 23.1 Å². The number of nitrogens with zero attached hydrogens (tertiary/aromatic N) is 2. The van der Waals surface area contributed by atoms with E-state index in [1.807, 2.05) is 6.07 Å². The first-order valence-corrected chi connectivity index (χ1v) is 6.63. The van der Waals surface area contributed by atoms with Crippen molar-refractivity contribution in [3.8, 4) is 6.07 Å². The molecule has 0 bridgehead atoms. The van der Waals surface area contributed by atoms with Crippen molar-refractivity contribution in [3.05, 3.63) is 29.6 Å². The van der Waals surface area contributed by atoms with Crippen molar-refractivity contribution in [2.45, 2.75) is 33.2 Å². The smallest absolute Gasteiger partial charge is 0.130 e. The molecule has 2 N–H and O–H groups in total. The predicted octanol–water partition coefficient (Wildman–Crippen LogP) is 3.22. The van der Waals surface area contributed by atoms with Crippen molar-refractivity contribution in [3.63, 3.8) is 0 Å². The highest BCUT2D eigenvalue weighted by Crippen LogP contribution is 2.28. The van der Waals surface area contributed by atoms with E-state index >= 15 is 0 Å². The van der Waals surface area contributed by atoms with Crippen LogP contribution >= 0.6 is 0 Å². The van der Waals surface area contributed by atoms with E-state index in [1.165, 1.54) is 6.07 Å². The van der Waals surface area contributed by atoms with Gasteiger partial charge in [0.2, 0.25) is 0 Å². The molecule has 1 rings (SSSR count). The van der Waals surface area contributed by atoms with Gasteiger partial charge in [0.05, 0.1) is 12.5 Å². The second-order valence-electron chi connectivity index (χ2n) is 5.21. The van der Waals surface area contributed by atoms with Gasteiger partial charge in [0.25, 0.3) is 0 Å². The minimum absolute atomic E-state index is 0.279. The van der Waals surface area contributed by atoms with Gasteiger partial charge < -0.3 is 10.6 Å². The normalized spacial score (nSPS) is 12.3. The molecule has 0 aromatic heterocycles. The predicted molar refractivity (Wildman–Crippen MR) is 76.3 cm³/mol. The van der Waals surface area contributed by atoms with E-state index in [1.54, 1.807) is 13.0 Å². The summed E-state index contributed by atoms with van der Waals surface area (Å²) in [6.45, 7) is 7.36. The topological polar surface area (TPSA) is 53.0 Å². The van der Waals surface area contributed by atoms with Crippen LogP contribution in [-0.2, 0) is 0 Å². The molecule has 0 saturated carbocycles. The number of benzene rings is 1. The van der Waals surface area contributed by atoms with E-state index in [2.05, 4.69) is 24.8 Å². The molecular formula is C15H22FN3. The van der Waals surface area contributed by atoms with Gasteiger partial charge in [-0.2, -0.15) is 5.26 Å². The largest absolute Gasteiger partial charge is 0.370 e. The molecule has 104 valence electrons. The molecule has 0 radical (unpaired) electrons. The number of hydrogen-bond acceptors (Lipinski definition) is 3. The Bertz CT molecular complexity index is 449. The molecular weight excluding hydrogens is 241 g/mol. The third-order valence-corrected chi connectivity index (χ3v) is 2.90. The van der Waals surface area contributed by atoms with E-state index < -0.39 is 0 Å². The first kappa shape index (κ1) is 15.5. The summed E-state index contributed by atoms with van der Waals surface area (Å²) in [6.07, 6.45) is 0.418. The molecule has 3 nitrogen and oxygen atoms in total. The average Bonchev–Trinajstić information content (AvgIpc) is 2.33. The van der Waals surface area contributed by atoms with Gasteiger partial charge >= 0.3 is 0 Å². The summed E-state index contributed by atoms with van der Waals surface area (Å²) in [7, 11) is 0. The SMILES string of the molecule is CC(C)CN(CCC#N)c1cccc(F)c1C(C)N. The van der Waals surface area contributed by atoms with Crippen molar-refractivity contribution < 1.29 is 4.39 Å². The minimum atomic E-state index is -0.368. The van der Waals surface area contributed by atoms with Gasteiger partial charge in [0, 0.05) is 30.4 Å². The lowest BCUT2D eigenvalue weighted by atomic mass is 10.0. The van der Waals surface area contributed by atoms with E-state index in [0.29, 0.717) is 24.4 Å². The van der Waals surface area contributed by atoms with Crippen LogP contribution in [0.3, 0.4) is 0 Å².